The third-order valence-corrected chi connectivity index (χ3v) is 4.84. The fraction of sp³-hybridized carbons (Fsp3) is 0.467. The number of rotatable bonds is 1. The Labute approximate surface area is 121 Å². The van der Waals surface area contributed by atoms with E-state index in [0.717, 1.165) is 31.0 Å². The van der Waals surface area contributed by atoms with E-state index in [1.165, 1.54) is 18.4 Å². The van der Waals surface area contributed by atoms with E-state index in [0.29, 0.717) is 16.1 Å². The highest BCUT2D eigenvalue weighted by Gasteiger charge is 2.27. The van der Waals surface area contributed by atoms with Gasteiger partial charge in [0.25, 0.3) is 0 Å². The minimum atomic E-state index is 0.613. The summed E-state index contributed by atoms with van der Waals surface area (Å²) in [6.45, 7) is 2.24. The van der Waals surface area contributed by atoms with E-state index in [9.17, 15) is 0 Å². The maximum Gasteiger partial charge on any atom is 0.123 e. The molecule has 0 bridgehead atoms. The Bertz CT molecular complexity index is 559. The van der Waals surface area contributed by atoms with Crippen LogP contribution in [0.5, 0.6) is 0 Å². The third kappa shape index (κ3) is 2.58. The van der Waals surface area contributed by atoms with Crippen molar-refractivity contribution >= 4 is 21.5 Å². The number of fused-ring (bicyclic) bond motifs is 1. The Kier molecular flexibility index (Phi) is 3.67. The van der Waals surface area contributed by atoms with Gasteiger partial charge in [-0.2, -0.15) is 5.26 Å². The largest absolute Gasteiger partial charge is 0.316 e. The van der Waals surface area contributed by atoms with Gasteiger partial charge in [0.1, 0.15) is 10.7 Å². The van der Waals surface area contributed by atoms with Crippen LogP contribution in [0.1, 0.15) is 30.4 Å². The van der Waals surface area contributed by atoms with E-state index in [2.05, 4.69) is 38.4 Å². The van der Waals surface area contributed by atoms with E-state index < -0.39 is 0 Å². The minimum Gasteiger partial charge on any atom is -0.316 e. The summed E-state index contributed by atoms with van der Waals surface area (Å²) in [5.74, 6) is 1.48. The second kappa shape index (κ2) is 5.44. The van der Waals surface area contributed by atoms with Crippen molar-refractivity contribution in [2.24, 2.45) is 11.8 Å². The molecule has 0 amide bonds. The van der Waals surface area contributed by atoms with Gasteiger partial charge in [0.05, 0.1) is 5.56 Å². The SMILES string of the molecule is N#Cc1cc(C2=CC3CNCCC3CC2)cnc1Br. The average molecular weight is 318 g/mol. The number of nitriles is 1. The highest BCUT2D eigenvalue weighted by atomic mass is 79.9. The molecule has 3 nitrogen and oxygen atoms in total. The summed E-state index contributed by atoms with van der Waals surface area (Å²) in [4.78, 5) is 4.27. The van der Waals surface area contributed by atoms with Gasteiger partial charge in [-0.05, 0) is 70.8 Å². The summed E-state index contributed by atoms with van der Waals surface area (Å²) >= 11 is 3.31. The predicted molar refractivity (Wildman–Crippen MR) is 78.3 cm³/mol. The third-order valence-electron chi connectivity index (χ3n) is 4.21. The van der Waals surface area contributed by atoms with Crippen molar-refractivity contribution in [3.05, 3.63) is 34.1 Å². The standard InChI is InChI=1S/C15H16BrN3/c16-15-12(7-17)6-14(9-19-15)11-2-1-10-3-4-18-8-13(10)5-11/h5-6,9-10,13,18H,1-4,8H2. The summed E-state index contributed by atoms with van der Waals surface area (Å²) in [6, 6.07) is 4.13. The number of piperidine rings is 1. The van der Waals surface area contributed by atoms with Gasteiger partial charge < -0.3 is 5.32 Å². The molecule has 1 aromatic rings. The molecule has 1 fully saturated rings. The predicted octanol–water partition coefficient (Wildman–Crippen LogP) is 3.12. The van der Waals surface area contributed by atoms with Gasteiger partial charge in [-0.3, -0.25) is 0 Å². The van der Waals surface area contributed by atoms with Crippen LogP contribution in [0.3, 0.4) is 0 Å². The zero-order chi connectivity index (χ0) is 13.2. The van der Waals surface area contributed by atoms with Crippen LogP contribution in [0, 0.1) is 23.2 Å². The van der Waals surface area contributed by atoms with Crippen LogP contribution >= 0.6 is 15.9 Å². The normalized spacial score (nSPS) is 26.2. The van der Waals surface area contributed by atoms with Gasteiger partial charge in [-0.15, -0.1) is 0 Å². The van der Waals surface area contributed by atoms with Crippen molar-refractivity contribution in [1.82, 2.24) is 10.3 Å². The first-order chi connectivity index (χ1) is 9.28. The lowest BCUT2D eigenvalue weighted by Gasteiger charge is -2.34. The van der Waals surface area contributed by atoms with Crippen molar-refractivity contribution in [3.8, 4) is 6.07 Å². The first-order valence-corrected chi connectivity index (χ1v) is 7.54. The first-order valence-electron chi connectivity index (χ1n) is 6.75. The average Bonchev–Trinajstić information content (AvgIpc) is 2.47. The first kappa shape index (κ1) is 12.8. The molecule has 1 saturated heterocycles. The zero-order valence-electron chi connectivity index (χ0n) is 10.7. The van der Waals surface area contributed by atoms with Crippen LogP contribution in [0.25, 0.3) is 5.57 Å². The lowest BCUT2D eigenvalue weighted by molar-refractivity contribution is 0.279. The summed E-state index contributed by atoms with van der Waals surface area (Å²) in [6.07, 6.45) is 7.92. The molecule has 1 aliphatic carbocycles. The Hall–Kier alpha value is -1.18. The fourth-order valence-electron chi connectivity index (χ4n) is 3.12. The van der Waals surface area contributed by atoms with E-state index in [1.807, 2.05) is 12.3 Å². The highest BCUT2D eigenvalue weighted by molar-refractivity contribution is 9.10. The van der Waals surface area contributed by atoms with Gasteiger partial charge in [-0.25, -0.2) is 4.98 Å². The van der Waals surface area contributed by atoms with Crippen LogP contribution in [-0.2, 0) is 0 Å². The zero-order valence-corrected chi connectivity index (χ0v) is 12.3. The smallest absolute Gasteiger partial charge is 0.123 e. The Morgan fingerprint density at radius 2 is 2.32 bits per heavy atom. The molecular weight excluding hydrogens is 302 g/mol. The van der Waals surface area contributed by atoms with E-state index in [-0.39, 0.29) is 0 Å². The van der Waals surface area contributed by atoms with E-state index in [4.69, 9.17) is 5.26 Å². The summed E-state index contributed by atoms with van der Waals surface area (Å²) < 4.78 is 0.632. The van der Waals surface area contributed by atoms with Crippen LogP contribution in [0.4, 0.5) is 0 Å². The van der Waals surface area contributed by atoms with E-state index >= 15 is 0 Å². The molecule has 1 N–H and O–H groups in total. The molecule has 1 aliphatic heterocycles. The summed E-state index contributed by atoms with van der Waals surface area (Å²) in [5, 5.41) is 12.5. The molecule has 2 heterocycles. The molecule has 3 rings (SSSR count). The van der Waals surface area contributed by atoms with Crippen molar-refractivity contribution in [3.63, 3.8) is 0 Å². The number of halogens is 1. The molecule has 2 aliphatic rings. The van der Waals surface area contributed by atoms with Crippen LogP contribution in [-0.4, -0.2) is 18.1 Å². The number of pyridine rings is 1. The molecule has 0 spiro atoms. The van der Waals surface area contributed by atoms with Crippen LogP contribution < -0.4 is 5.32 Å². The lowest BCUT2D eigenvalue weighted by atomic mass is 9.76. The molecule has 2 unspecified atom stereocenters. The maximum atomic E-state index is 9.08. The Morgan fingerprint density at radius 3 is 3.16 bits per heavy atom. The molecule has 0 aromatic carbocycles. The Morgan fingerprint density at radius 1 is 1.42 bits per heavy atom. The van der Waals surface area contributed by atoms with Gasteiger partial charge in [0, 0.05) is 12.7 Å². The Balaban J connectivity index is 1.90. The number of hydrogen-bond acceptors (Lipinski definition) is 3. The van der Waals surface area contributed by atoms with Gasteiger partial charge in [-0.1, -0.05) is 6.08 Å². The second-order valence-corrected chi connectivity index (χ2v) is 6.07. The highest BCUT2D eigenvalue weighted by Crippen LogP contribution is 2.36. The monoisotopic (exact) mass is 317 g/mol. The summed E-state index contributed by atoms with van der Waals surface area (Å²) in [7, 11) is 0. The number of nitrogens with zero attached hydrogens (tertiary/aromatic N) is 2. The molecule has 0 saturated carbocycles. The second-order valence-electron chi connectivity index (χ2n) is 5.32. The van der Waals surface area contributed by atoms with Crippen molar-refractivity contribution in [2.45, 2.75) is 19.3 Å². The number of hydrogen-bond donors (Lipinski definition) is 1. The summed E-state index contributed by atoms with van der Waals surface area (Å²) in [5.41, 5.74) is 3.06. The van der Waals surface area contributed by atoms with Gasteiger partial charge in [0.2, 0.25) is 0 Å². The number of nitrogens with one attached hydrogen (secondary N) is 1. The minimum absolute atomic E-state index is 0.613. The molecule has 4 heteroatoms. The van der Waals surface area contributed by atoms with Crippen LogP contribution in [0.2, 0.25) is 0 Å². The molecule has 1 aromatic heterocycles. The molecule has 19 heavy (non-hydrogen) atoms. The van der Waals surface area contributed by atoms with Gasteiger partial charge in [0.15, 0.2) is 0 Å². The topological polar surface area (TPSA) is 48.7 Å². The quantitative estimate of drug-likeness (QED) is 0.810. The molecule has 2 atom stereocenters. The van der Waals surface area contributed by atoms with Crippen LogP contribution in [0.15, 0.2) is 22.9 Å². The molecule has 0 radical (unpaired) electrons. The van der Waals surface area contributed by atoms with Crippen molar-refractivity contribution in [1.29, 1.82) is 5.26 Å². The number of allylic oxidation sites excluding steroid dienone is 1. The van der Waals surface area contributed by atoms with Crippen molar-refractivity contribution in [2.75, 3.05) is 13.1 Å². The molecular formula is C15H16BrN3. The maximum absolute atomic E-state index is 9.08. The number of aromatic nitrogens is 1. The van der Waals surface area contributed by atoms with E-state index in [1.54, 1.807) is 0 Å². The lowest BCUT2D eigenvalue weighted by Crippen LogP contribution is -2.37. The van der Waals surface area contributed by atoms with Gasteiger partial charge >= 0.3 is 0 Å². The molecule has 98 valence electrons. The fourth-order valence-corrected chi connectivity index (χ4v) is 3.42. The van der Waals surface area contributed by atoms with Crippen molar-refractivity contribution < 1.29 is 0 Å².